The number of aliphatic hydroxyl groups excluding tert-OH is 1. The summed E-state index contributed by atoms with van der Waals surface area (Å²) in [5.74, 6) is -2.35. The number of esters is 1. The Kier molecular flexibility index (Phi) is 7.75. The molecule has 0 bridgehead atoms. The van der Waals surface area contributed by atoms with Crippen LogP contribution in [-0.2, 0) is 24.3 Å². The van der Waals surface area contributed by atoms with Crippen LogP contribution >= 0.6 is 0 Å². The van der Waals surface area contributed by atoms with Crippen molar-refractivity contribution in [1.82, 2.24) is 0 Å². The van der Waals surface area contributed by atoms with Gasteiger partial charge in [-0.15, -0.1) is 4.40 Å². The number of hydrogen-bond donors (Lipinski definition) is 1. The van der Waals surface area contributed by atoms with Gasteiger partial charge in [0, 0.05) is 0 Å². The molecule has 2 unspecified atom stereocenters. The molecule has 0 heterocycles. The highest BCUT2D eigenvalue weighted by molar-refractivity contribution is 7.90. The quantitative estimate of drug-likeness (QED) is 0.409. The van der Waals surface area contributed by atoms with Gasteiger partial charge in [-0.05, 0) is 44.4 Å². The highest BCUT2D eigenvalue weighted by Crippen LogP contribution is 2.28. The molecule has 162 valence electrons. The van der Waals surface area contributed by atoms with Gasteiger partial charge in [0.25, 0.3) is 10.0 Å². The zero-order chi connectivity index (χ0) is 22.5. The molecule has 0 saturated carbocycles. The summed E-state index contributed by atoms with van der Waals surface area (Å²) in [5.41, 5.74) is 2.49. The number of aliphatic hydroxyl groups is 1. The largest absolute Gasteiger partial charge is 0.483 e. The first-order valence-corrected chi connectivity index (χ1v) is 10.9. The first-order chi connectivity index (χ1) is 14.1. The van der Waals surface area contributed by atoms with Crippen LogP contribution in [0.1, 0.15) is 35.1 Å². The first-order valence-electron chi connectivity index (χ1n) is 9.48. The van der Waals surface area contributed by atoms with Crippen LogP contribution in [0, 0.1) is 20.8 Å². The van der Waals surface area contributed by atoms with E-state index in [-0.39, 0.29) is 17.4 Å². The number of carbonyl (C=O) groups excluding carboxylic acids is 1. The fourth-order valence-corrected chi connectivity index (χ4v) is 4.89. The molecule has 2 atom stereocenters. The highest BCUT2D eigenvalue weighted by atomic mass is 32.2. The molecule has 7 nitrogen and oxygen atoms in total. The number of ether oxygens (including phenoxy) is 2. The third-order valence-electron chi connectivity index (χ3n) is 4.55. The monoisotopic (exact) mass is 433 g/mol. The standard InChI is InChI=1S/C22H27NO6S/c1-6-29-22(25)19(24)18(17-10-8-7-9-11-17)21(28-5)23-30(26,27)20-15(3)12-14(2)13-16(20)4/h7-13,18-19,24H,6H2,1-5H3/b23-21-. The van der Waals surface area contributed by atoms with Crippen molar-refractivity contribution in [2.45, 2.75) is 44.6 Å². The summed E-state index contributed by atoms with van der Waals surface area (Å²) in [6, 6.07) is 12.0. The van der Waals surface area contributed by atoms with E-state index >= 15 is 0 Å². The average molecular weight is 434 g/mol. The Labute approximate surface area is 177 Å². The molecule has 2 aromatic rings. The van der Waals surface area contributed by atoms with Gasteiger partial charge < -0.3 is 14.6 Å². The van der Waals surface area contributed by atoms with Gasteiger partial charge in [0.1, 0.15) is 0 Å². The van der Waals surface area contributed by atoms with E-state index in [1.165, 1.54) is 7.11 Å². The fourth-order valence-electron chi connectivity index (χ4n) is 3.44. The normalized spacial score (nSPS) is 14.1. The van der Waals surface area contributed by atoms with Crippen molar-refractivity contribution in [3.8, 4) is 0 Å². The van der Waals surface area contributed by atoms with E-state index in [0.29, 0.717) is 16.7 Å². The summed E-state index contributed by atoms with van der Waals surface area (Å²) in [6.45, 7) is 6.94. The molecular formula is C22H27NO6S. The van der Waals surface area contributed by atoms with Gasteiger partial charge in [0.2, 0.25) is 5.90 Å². The van der Waals surface area contributed by atoms with Gasteiger partial charge in [-0.2, -0.15) is 8.42 Å². The Hall–Kier alpha value is -2.71. The topological polar surface area (TPSA) is 102 Å². The van der Waals surface area contributed by atoms with E-state index in [2.05, 4.69) is 4.40 Å². The summed E-state index contributed by atoms with van der Waals surface area (Å²) in [7, 11) is -2.93. The predicted octanol–water partition coefficient (Wildman–Crippen LogP) is 3.05. The van der Waals surface area contributed by atoms with Crippen molar-refractivity contribution in [2.24, 2.45) is 4.40 Å². The number of aryl methyl sites for hydroxylation is 3. The lowest BCUT2D eigenvalue weighted by molar-refractivity contribution is -0.153. The molecule has 0 aliphatic rings. The minimum Gasteiger partial charge on any atom is -0.483 e. The van der Waals surface area contributed by atoms with Crippen LogP contribution in [-0.4, -0.2) is 45.2 Å². The van der Waals surface area contributed by atoms with Crippen molar-refractivity contribution in [3.63, 3.8) is 0 Å². The third-order valence-corrected chi connectivity index (χ3v) is 6.13. The van der Waals surface area contributed by atoms with E-state index in [1.54, 1.807) is 63.2 Å². The minimum atomic E-state index is -4.17. The van der Waals surface area contributed by atoms with Crippen LogP contribution < -0.4 is 0 Å². The average Bonchev–Trinajstić information content (AvgIpc) is 2.67. The van der Waals surface area contributed by atoms with Crippen LogP contribution in [0.25, 0.3) is 0 Å². The van der Waals surface area contributed by atoms with Gasteiger partial charge in [-0.3, -0.25) is 0 Å². The van der Waals surface area contributed by atoms with Gasteiger partial charge in [-0.1, -0.05) is 48.0 Å². The maximum Gasteiger partial charge on any atom is 0.336 e. The molecule has 0 aliphatic heterocycles. The summed E-state index contributed by atoms with van der Waals surface area (Å²) in [4.78, 5) is 12.3. The Morgan fingerprint density at radius 1 is 1.10 bits per heavy atom. The molecule has 0 amide bonds. The van der Waals surface area contributed by atoms with Gasteiger partial charge in [0.05, 0.1) is 24.5 Å². The van der Waals surface area contributed by atoms with E-state index in [4.69, 9.17) is 9.47 Å². The molecule has 0 aromatic heterocycles. The van der Waals surface area contributed by atoms with Crippen LogP contribution in [0.2, 0.25) is 0 Å². The number of nitrogens with zero attached hydrogens (tertiary/aromatic N) is 1. The molecule has 1 N–H and O–H groups in total. The number of rotatable bonds is 7. The maximum atomic E-state index is 13.1. The number of benzene rings is 2. The van der Waals surface area contributed by atoms with Crippen LogP contribution in [0.15, 0.2) is 51.8 Å². The second kappa shape index (κ2) is 9.86. The summed E-state index contributed by atoms with van der Waals surface area (Å²) >= 11 is 0. The zero-order valence-electron chi connectivity index (χ0n) is 17.7. The molecule has 8 heteroatoms. The van der Waals surface area contributed by atoms with E-state index in [0.717, 1.165) is 5.56 Å². The molecule has 0 aliphatic carbocycles. The van der Waals surface area contributed by atoms with E-state index in [1.807, 2.05) is 6.92 Å². The van der Waals surface area contributed by atoms with Crippen molar-refractivity contribution < 1.29 is 27.8 Å². The number of methoxy groups -OCH3 is 1. The molecule has 0 spiro atoms. The van der Waals surface area contributed by atoms with Gasteiger partial charge in [-0.25, -0.2) is 4.79 Å². The molecule has 0 radical (unpaired) electrons. The second-order valence-corrected chi connectivity index (χ2v) is 8.46. The lowest BCUT2D eigenvalue weighted by atomic mass is 9.93. The van der Waals surface area contributed by atoms with Crippen molar-refractivity contribution in [2.75, 3.05) is 13.7 Å². The fraction of sp³-hybridized carbons (Fsp3) is 0.364. The highest BCUT2D eigenvalue weighted by Gasteiger charge is 2.35. The maximum absolute atomic E-state index is 13.1. The number of carbonyl (C=O) groups is 1. The first kappa shape index (κ1) is 23.6. The lowest BCUT2D eigenvalue weighted by Crippen LogP contribution is -2.35. The second-order valence-electron chi connectivity index (χ2n) is 6.92. The molecular weight excluding hydrogens is 406 g/mol. The minimum absolute atomic E-state index is 0.0664. The van der Waals surface area contributed by atoms with Gasteiger partial charge in [0.15, 0.2) is 6.10 Å². The Bertz CT molecular complexity index is 1010. The zero-order valence-corrected chi connectivity index (χ0v) is 18.6. The molecule has 2 aromatic carbocycles. The summed E-state index contributed by atoms with van der Waals surface area (Å²) in [5, 5.41) is 10.6. The Morgan fingerprint density at radius 2 is 1.67 bits per heavy atom. The SMILES string of the molecule is CCOC(=O)C(O)C(/C(=N/S(=O)(=O)c1c(C)cc(C)cc1C)OC)c1ccccc1. The third kappa shape index (κ3) is 5.25. The summed E-state index contributed by atoms with van der Waals surface area (Å²) in [6.07, 6.45) is -1.69. The molecule has 2 rings (SSSR count). The predicted molar refractivity (Wildman–Crippen MR) is 114 cm³/mol. The smallest absolute Gasteiger partial charge is 0.336 e. The Morgan fingerprint density at radius 3 is 2.17 bits per heavy atom. The van der Waals surface area contributed by atoms with Crippen LogP contribution in [0.5, 0.6) is 0 Å². The number of hydrogen-bond acceptors (Lipinski definition) is 6. The van der Waals surface area contributed by atoms with Crippen LogP contribution in [0.3, 0.4) is 0 Å². The van der Waals surface area contributed by atoms with E-state index in [9.17, 15) is 18.3 Å². The lowest BCUT2D eigenvalue weighted by Gasteiger charge is -2.23. The van der Waals surface area contributed by atoms with E-state index < -0.39 is 28.0 Å². The van der Waals surface area contributed by atoms with Crippen LogP contribution in [0.4, 0.5) is 0 Å². The van der Waals surface area contributed by atoms with Crippen molar-refractivity contribution in [3.05, 3.63) is 64.7 Å². The van der Waals surface area contributed by atoms with Crippen molar-refractivity contribution in [1.29, 1.82) is 0 Å². The Balaban J connectivity index is 2.64. The molecule has 30 heavy (non-hydrogen) atoms. The number of sulfonamides is 1. The van der Waals surface area contributed by atoms with Gasteiger partial charge >= 0.3 is 5.97 Å². The molecule has 0 fully saturated rings. The summed E-state index contributed by atoms with van der Waals surface area (Å²) < 4.78 is 40.4. The van der Waals surface area contributed by atoms with Crippen molar-refractivity contribution >= 4 is 21.9 Å². The molecule has 0 saturated heterocycles.